The summed E-state index contributed by atoms with van der Waals surface area (Å²) in [6.07, 6.45) is 0. The van der Waals surface area contributed by atoms with Gasteiger partial charge in [-0.15, -0.1) is 0 Å². The van der Waals surface area contributed by atoms with Crippen LogP contribution in [-0.2, 0) is 0 Å². The van der Waals surface area contributed by atoms with E-state index in [1.165, 1.54) is 0 Å². The van der Waals surface area contributed by atoms with Crippen molar-refractivity contribution in [3.63, 3.8) is 0 Å². The van der Waals surface area contributed by atoms with Crippen LogP contribution >= 0.6 is 22.6 Å². The van der Waals surface area contributed by atoms with Gasteiger partial charge < -0.3 is 8.98 Å². The molecule has 0 N–H and O–H groups in total. The van der Waals surface area contributed by atoms with Gasteiger partial charge in [0, 0.05) is 30.9 Å². The SMILES string of the molecule is [2H]c1c([2H])c([2H])c(-c2cc(I)cc(-c3c([2H])c([2H])c([2H])c([2H])c3[2H])c2-n2c3ccccc3c3c4oc5ccccc5c4ccc32)c([2H])c1[2H]. The van der Waals surface area contributed by atoms with Crippen LogP contribution in [0.15, 0.2) is 138 Å². The van der Waals surface area contributed by atoms with Crippen LogP contribution in [-0.4, -0.2) is 4.57 Å². The number of fused-ring (bicyclic) bond motifs is 7. The normalized spacial score (nSPS) is 15.3. The molecule has 0 saturated carbocycles. The molecule has 2 nitrogen and oxygen atoms in total. The molecule has 2 aromatic heterocycles. The molecule has 0 saturated heterocycles. The molecule has 0 aliphatic heterocycles. The quantitative estimate of drug-likeness (QED) is 0.180. The van der Waals surface area contributed by atoms with Gasteiger partial charge in [0.1, 0.15) is 11.2 Å². The van der Waals surface area contributed by atoms with Crippen LogP contribution in [0, 0.1) is 3.57 Å². The number of furan rings is 1. The lowest BCUT2D eigenvalue weighted by Gasteiger charge is -2.20. The minimum atomic E-state index is -0.541. The maximum absolute atomic E-state index is 8.96. The fraction of sp³-hybridized carbons (Fsp3) is 0. The average Bonchev–Trinajstić information content (AvgIpc) is 3.64. The minimum Gasteiger partial charge on any atom is -0.455 e. The van der Waals surface area contributed by atoms with E-state index in [1.54, 1.807) is 12.1 Å². The molecule has 0 unspecified atom stereocenters. The highest BCUT2D eigenvalue weighted by atomic mass is 127. The van der Waals surface area contributed by atoms with Crippen molar-refractivity contribution in [3.8, 4) is 27.9 Å². The first-order valence-corrected chi connectivity index (χ1v) is 13.3. The van der Waals surface area contributed by atoms with Crippen LogP contribution in [0.5, 0.6) is 0 Å². The van der Waals surface area contributed by atoms with E-state index in [4.69, 9.17) is 18.1 Å². The van der Waals surface area contributed by atoms with E-state index in [0.29, 0.717) is 31.5 Å². The largest absolute Gasteiger partial charge is 0.455 e. The van der Waals surface area contributed by atoms with Crippen molar-refractivity contribution < 1.29 is 18.1 Å². The molecule has 0 bridgehead atoms. The van der Waals surface area contributed by atoms with Gasteiger partial charge in [-0.25, -0.2) is 0 Å². The molecule has 2 heterocycles. The molecule has 0 aliphatic rings. The number of rotatable bonds is 3. The van der Waals surface area contributed by atoms with Crippen molar-refractivity contribution in [2.24, 2.45) is 0 Å². The molecule has 0 spiro atoms. The second-order valence-corrected chi connectivity index (χ2v) is 10.4. The summed E-state index contributed by atoms with van der Waals surface area (Å²) >= 11 is 2.04. The molecule has 0 radical (unpaired) electrons. The lowest BCUT2D eigenvalue weighted by atomic mass is 9.95. The molecule has 184 valence electrons. The van der Waals surface area contributed by atoms with Crippen molar-refractivity contribution >= 4 is 66.3 Å². The van der Waals surface area contributed by atoms with E-state index in [2.05, 4.69) is 0 Å². The van der Waals surface area contributed by atoms with Crippen molar-refractivity contribution in [3.05, 3.63) is 137 Å². The molecule has 0 fully saturated rings. The van der Waals surface area contributed by atoms with E-state index in [-0.39, 0.29) is 22.3 Å². The Morgan fingerprint density at radius 2 is 1.23 bits per heavy atom. The summed E-state index contributed by atoms with van der Waals surface area (Å²) in [5, 5.41) is 3.40. The van der Waals surface area contributed by atoms with Gasteiger partial charge in [-0.1, -0.05) is 96.8 Å². The zero-order valence-electron chi connectivity index (χ0n) is 30.2. The number of para-hydroxylation sites is 2. The van der Waals surface area contributed by atoms with Gasteiger partial charge in [0.2, 0.25) is 0 Å². The summed E-state index contributed by atoms with van der Waals surface area (Å²) < 4.78 is 95.2. The lowest BCUT2D eigenvalue weighted by molar-refractivity contribution is 0.673. The summed E-state index contributed by atoms with van der Waals surface area (Å²) in [5.41, 5.74) is 3.26. The molecule has 0 atom stereocenters. The maximum Gasteiger partial charge on any atom is 0.145 e. The predicted octanol–water partition coefficient (Wildman–Crippen LogP) is 10.6. The molecule has 8 aromatic rings. The number of nitrogens with zero attached hydrogens (tertiary/aromatic N) is 1. The zero-order chi connectivity index (χ0) is 34.6. The number of halogens is 1. The van der Waals surface area contributed by atoms with Crippen molar-refractivity contribution in [1.82, 2.24) is 4.57 Å². The molecule has 3 heteroatoms. The Labute approximate surface area is 253 Å². The van der Waals surface area contributed by atoms with Gasteiger partial charge in [0.25, 0.3) is 0 Å². The fourth-order valence-electron chi connectivity index (χ4n) is 5.47. The van der Waals surface area contributed by atoms with E-state index in [1.807, 2.05) is 87.8 Å². The Hall–Kier alpha value is -4.35. The standard InChI is InChI=1S/C36H22INO/c37-25-21-29(23-11-3-1-4-12-23)35(30(22-25)24-13-5-2-6-14-24)38-31-17-9-7-16-28(31)34-32(38)20-19-27-26-15-8-10-18-33(26)39-36(27)34/h1-22H/i1D,2D,3D,4D,5D,6D,11D,12D,13D,14D. The van der Waals surface area contributed by atoms with E-state index in [9.17, 15) is 0 Å². The Balaban J connectivity index is 1.65. The van der Waals surface area contributed by atoms with E-state index >= 15 is 0 Å². The first kappa shape index (κ1) is 14.7. The minimum absolute atomic E-state index is 0.0797. The molecular formula is C36H22INO. The van der Waals surface area contributed by atoms with E-state index in [0.717, 1.165) is 21.5 Å². The third-order valence-corrected chi connectivity index (χ3v) is 7.64. The van der Waals surface area contributed by atoms with Crippen LogP contribution in [0.3, 0.4) is 0 Å². The number of hydrogen-bond donors (Lipinski definition) is 0. The van der Waals surface area contributed by atoms with Gasteiger partial charge in [-0.2, -0.15) is 0 Å². The van der Waals surface area contributed by atoms with E-state index < -0.39 is 60.4 Å². The first-order valence-electron chi connectivity index (χ1n) is 17.2. The molecule has 8 rings (SSSR count). The summed E-state index contributed by atoms with van der Waals surface area (Å²) in [7, 11) is 0. The van der Waals surface area contributed by atoms with Crippen LogP contribution < -0.4 is 0 Å². The third-order valence-electron chi connectivity index (χ3n) is 7.02. The number of hydrogen-bond acceptors (Lipinski definition) is 1. The van der Waals surface area contributed by atoms with Gasteiger partial charge in [0.05, 0.1) is 35.8 Å². The number of benzene rings is 6. The lowest BCUT2D eigenvalue weighted by Crippen LogP contribution is -2.01. The topological polar surface area (TPSA) is 18.1 Å². The smallest absolute Gasteiger partial charge is 0.145 e. The molecular weight excluding hydrogens is 589 g/mol. The first-order chi connectivity index (χ1) is 23.4. The summed E-state index contributed by atoms with van der Waals surface area (Å²) in [6.45, 7) is 0. The summed E-state index contributed by atoms with van der Waals surface area (Å²) in [5.74, 6) is 0. The summed E-state index contributed by atoms with van der Waals surface area (Å²) in [4.78, 5) is 0. The predicted molar refractivity (Wildman–Crippen MR) is 172 cm³/mol. The second kappa shape index (κ2) is 8.85. The van der Waals surface area contributed by atoms with Crippen molar-refractivity contribution in [1.29, 1.82) is 0 Å². The third kappa shape index (κ3) is 3.46. The highest BCUT2D eigenvalue weighted by Gasteiger charge is 2.23. The molecule has 0 aliphatic carbocycles. The fourth-order valence-corrected chi connectivity index (χ4v) is 6.09. The van der Waals surface area contributed by atoms with Crippen molar-refractivity contribution in [2.75, 3.05) is 0 Å². The van der Waals surface area contributed by atoms with Crippen LogP contribution in [0.1, 0.15) is 13.7 Å². The van der Waals surface area contributed by atoms with Crippen LogP contribution in [0.4, 0.5) is 0 Å². The molecule has 39 heavy (non-hydrogen) atoms. The maximum atomic E-state index is 8.96. The zero-order valence-corrected chi connectivity index (χ0v) is 22.3. The van der Waals surface area contributed by atoms with Gasteiger partial charge >= 0.3 is 0 Å². The number of aromatic nitrogens is 1. The molecule has 0 amide bonds. The highest BCUT2D eigenvalue weighted by Crippen LogP contribution is 2.45. The average molecular weight is 622 g/mol. The second-order valence-electron chi connectivity index (χ2n) is 9.14. The van der Waals surface area contributed by atoms with Gasteiger partial charge in [-0.05, 0) is 70.1 Å². The van der Waals surface area contributed by atoms with Crippen molar-refractivity contribution in [2.45, 2.75) is 0 Å². The Morgan fingerprint density at radius 3 is 1.92 bits per heavy atom. The van der Waals surface area contributed by atoms with Crippen LogP contribution in [0.2, 0.25) is 0 Å². The molecule has 6 aromatic carbocycles. The Bertz CT molecular complexity index is 2600. The van der Waals surface area contributed by atoms with Crippen LogP contribution in [0.25, 0.3) is 71.7 Å². The highest BCUT2D eigenvalue weighted by molar-refractivity contribution is 14.1. The van der Waals surface area contributed by atoms with Gasteiger partial charge in [-0.3, -0.25) is 0 Å². The monoisotopic (exact) mass is 621 g/mol. The Kier molecular flexibility index (Phi) is 3.34. The summed E-state index contributed by atoms with van der Waals surface area (Å²) in [6, 6.07) is 17.7. The Morgan fingerprint density at radius 1 is 0.615 bits per heavy atom. The van der Waals surface area contributed by atoms with Gasteiger partial charge in [0.15, 0.2) is 0 Å².